The maximum atomic E-state index is 4.67. The van der Waals surface area contributed by atoms with Crippen LogP contribution in [0.3, 0.4) is 0 Å². The number of nitrogens with zero attached hydrogens (tertiary/aromatic N) is 2. The third-order valence-electron chi connectivity index (χ3n) is 4.11. The molecule has 0 unspecified atom stereocenters. The van der Waals surface area contributed by atoms with E-state index in [0.717, 1.165) is 29.8 Å². The quantitative estimate of drug-likeness (QED) is 0.790. The number of aromatic nitrogens is 1. The smallest absolute Gasteiger partial charge is 0.133 e. The Labute approximate surface area is 131 Å². The largest absolute Gasteiger partial charge is 0.356 e. The van der Waals surface area contributed by atoms with Crippen LogP contribution >= 0.6 is 15.9 Å². The number of hydrogen-bond donors (Lipinski definition) is 1. The first-order valence-electron chi connectivity index (χ1n) is 7.80. The summed E-state index contributed by atoms with van der Waals surface area (Å²) in [6.45, 7) is 4.15. The Hall–Kier alpha value is -0.610. The van der Waals surface area contributed by atoms with Crippen molar-refractivity contribution in [3.63, 3.8) is 0 Å². The molecule has 1 heterocycles. The number of rotatable bonds is 6. The number of hydrogen-bond acceptors (Lipinski definition) is 3. The molecule has 0 spiro atoms. The minimum atomic E-state index is 0.655. The average molecular weight is 340 g/mol. The molecule has 0 amide bonds. The van der Waals surface area contributed by atoms with Gasteiger partial charge in [0.2, 0.25) is 0 Å². The monoisotopic (exact) mass is 339 g/mol. The molecule has 3 nitrogen and oxygen atoms in total. The van der Waals surface area contributed by atoms with Gasteiger partial charge in [0, 0.05) is 35.9 Å². The molecule has 1 aliphatic rings. The lowest BCUT2D eigenvalue weighted by molar-refractivity contribution is 0.425. The normalized spacial score (nSPS) is 16.4. The lowest BCUT2D eigenvalue weighted by Gasteiger charge is -2.33. The van der Waals surface area contributed by atoms with Gasteiger partial charge in [-0.1, -0.05) is 26.2 Å². The van der Waals surface area contributed by atoms with Crippen molar-refractivity contribution in [3.8, 4) is 0 Å². The Balaban J connectivity index is 2.11. The molecule has 0 atom stereocenters. The zero-order valence-corrected chi connectivity index (χ0v) is 14.2. The van der Waals surface area contributed by atoms with E-state index < -0.39 is 0 Å². The maximum Gasteiger partial charge on any atom is 0.133 e. The Morgan fingerprint density at radius 3 is 2.80 bits per heavy atom. The summed E-state index contributed by atoms with van der Waals surface area (Å²) in [5, 5.41) is 3.49. The van der Waals surface area contributed by atoms with E-state index in [1.165, 1.54) is 37.7 Å². The van der Waals surface area contributed by atoms with E-state index in [2.05, 4.69) is 51.2 Å². The first-order valence-corrected chi connectivity index (χ1v) is 8.59. The van der Waals surface area contributed by atoms with Gasteiger partial charge in [-0.25, -0.2) is 4.98 Å². The van der Waals surface area contributed by atoms with Crippen LogP contribution in [-0.2, 0) is 6.54 Å². The van der Waals surface area contributed by atoms with E-state index in [0.29, 0.717) is 6.04 Å². The van der Waals surface area contributed by atoms with Crippen molar-refractivity contribution in [2.45, 2.75) is 58.0 Å². The molecule has 1 fully saturated rings. The molecule has 20 heavy (non-hydrogen) atoms. The second-order valence-electron chi connectivity index (χ2n) is 5.72. The molecule has 1 aromatic rings. The van der Waals surface area contributed by atoms with Crippen molar-refractivity contribution < 1.29 is 0 Å². The summed E-state index contributed by atoms with van der Waals surface area (Å²) >= 11 is 3.54. The minimum absolute atomic E-state index is 0.655. The van der Waals surface area contributed by atoms with Crippen LogP contribution in [0.1, 0.15) is 51.0 Å². The molecular weight excluding hydrogens is 314 g/mol. The van der Waals surface area contributed by atoms with Crippen molar-refractivity contribution in [3.05, 3.63) is 22.3 Å². The fraction of sp³-hybridized carbons (Fsp3) is 0.688. The number of halogens is 1. The molecular formula is C16H26BrN3. The first-order chi connectivity index (χ1) is 9.72. The van der Waals surface area contributed by atoms with E-state index in [9.17, 15) is 0 Å². The number of nitrogens with one attached hydrogen (secondary N) is 1. The summed E-state index contributed by atoms with van der Waals surface area (Å²) in [5.41, 5.74) is 1.29. The summed E-state index contributed by atoms with van der Waals surface area (Å²) in [6, 6.07) is 2.85. The molecule has 0 bridgehead atoms. The third kappa shape index (κ3) is 4.19. The van der Waals surface area contributed by atoms with Gasteiger partial charge in [-0.3, -0.25) is 0 Å². The highest BCUT2D eigenvalue weighted by Gasteiger charge is 2.21. The predicted molar refractivity (Wildman–Crippen MR) is 89.2 cm³/mol. The fourth-order valence-corrected chi connectivity index (χ4v) is 3.34. The molecule has 0 aliphatic heterocycles. The molecule has 2 rings (SSSR count). The highest BCUT2D eigenvalue weighted by atomic mass is 79.9. The molecule has 4 heteroatoms. The van der Waals surface area contributed by atoms with Crippen LogP contribution in [0.2, 0.25) is 0 Å². The summed E-state index contributed by atoms with van der Waals surface area (Å²) in [7, 11) is 2.20. The standard InChI is InChI=1S/C16H26BrN3/c1-3-9-18-11-13-10-14(17)12-19-16(13)20(2)15-7-5-4-6-8-15/h10,12,15,18H,3-9,11H2,1-2H3. The molecule has 1 aliphatic carbocycles. The third-order valence-corrected chi connectivity index (χ3v) is 4.54. The van der Waals surface area contributed by atoms with Gasteiger partial charge >= 0.3 is 0 Å². The van der Waals surface area contributed by atoms with Crippen LogP contribution in [-0.4, -0.2) is 24.6 Å². The van der Waals surface area contributed by atoms with E-state index in [-0.39, 0.29) is 0 Å². The van der Waals surface area contributed by atoms with Crippen LogP contribution in [0, 0.1) is 0 Å². The van der Waals surface area contributed by atoms with Crippen LogP contribution in [0.25, 0.3) is 0 Å². The average Bonchev–Trinajstić information content (AvgIpc) is 2.48. The van der Waals surface area contributed by atoms with Gasteiger partial charge in [-0.2, -0.15) is 0 Å². The Morgan fingerprint density at radius 1 is 1.35 bits per heavy atom. The second kappa shape index (κ2) is 7.99. The van der Waals surface area contributed by atoms with E-state index in [1.54, 1.807) is 0 Å². The van der Waals surface area contributed by atoms with Gasteiger partial charge in [0.15, 0.2) is 0 Å². The van der Waals surface area contributed by atoms with E-state index in [4.69, 9.17) is 0 Å². The first kappa shape index (κ1) is 15.8. The van der Waals surface area contributed by atoms with Gasteiger partial charge in [0.25, 0.3) is 0 Å². The van der Waals surface area contributed by atoms with E-state index in [1.807, 2.05) is 6.20 Å². The summed E-state index contributed by atoms with van der Waals surface area (Å²) in [4.78, 5) is 7.07. The molecule has 1 aromatic heterocycles. The van der Waals surface area contributed by atoms with Crippen LogP contribution in [0.4, 0.5) is 5.82 Å². The molecule has 1 saturated carbocycles. The second-order valence-corrected chi connectivity index (χ2v) is 6.63. The lowest BCUT2D eigenvalue weighted by atomic mass is 9.94. The predicted octanol–water partition coefficient (Wildman–Crippen LogP) is 4.11. The lowest BCUT2D eigenvalue weighted by Crippen LogP contribution is -2.35. The van der Waals surface area contributed by atoms with Gasteiger partial charge in [-0.05, 0) is 47.8 Å². The van der Waals surface area contributed by atoms with Gasteiger partial charge in [0.05, 0.1) is 0 Å². The van der Waals surface area contributed by atoms with Crippen LogP contribution < -0.4 is 10.2 Å². The Bertz CT molecular complexity index is 416. The topological polar surface area (TPSA) is 28.2 Å². The SMILES string of the molecule is CCCNCc1cc(Br)cnc1N(C)C1CCCCC1. The Morgan fingerprint density at radius 2 is 2.10 bits per heavy atom. The number of pyridine rings is 1. The van der Waals surface area contributed by atoms with E-state index >= 15 is 0 Å². The zero-order chi connectivity index (χ0) is 14.4. The van der Waals surface area contributed by atoms with Crippen molar-refractivity contribution in [1.29, 1.82) is 0 Å². The summed E-state index contributed by atoms with van der Waals surface area (Å²) < 4.78 is 1.06. The van der Waals surface area contributed by atoms with Gasteiger partial charge in [-0.15, -0.1) is 0 Å². The summed E-state index contributed by atoms with van der Waals surface area (Å²) in [5.74, 6) is 1.14. The van der Waals surface area contributed by atoms with Gasteiger partial charge in [0.1, 0.15) is 5.82 Å². The van der Waals surface area contributed by atoms with Gasteiger partial charge < -0.3 is 10.2 Å². The maximum absolute atomic E-state index is 4.67. The molecule has 0 aromatic carbocycles. The number of anilines is 1. The molecule has 112 valence electrons. The van der Waals surface area contributed by atoms with Crippen molar-refractivity contribution in [1.82, 2.24) is 10.3 Å². The highest BCUT2D eigenvalue weighted by molar-refractivity contribution is 9.10. The minimum Gasteiger partial charge on any atom is -0.356 e. The molecule has 0 radical (unpaired) electrons. The Kier molecular flexibility index (Phi) is 6.30. The van der Waals surface area contributed by atoms with Crippen LogP contribution in [0.5, 0.6) is 0 Å². The van der Waals surface area contributed by atoms with Crippen LogP contribution in [0.15, 0.2) is 16.7 Å². The highest BCUT2D eigenvalue weighted by Crippen LogP contribution is 2.28. The molecule has 1 N–H and O–H groups in total. The van der Waals surface area contributed by atoms with Crippen molar-refractivity contribution in [2.75, 3.05) is 18.5 Å². The summed E-state index contributed by atoms with van der Waals surface area (Å²) in [6.07, 6.45) is 9.78. The fourth-order valence-electron chi connectivity index (χ4n) is 2.96. The molecule has 0 saturated heterocycles. The van der Waals surface area contributed by atoms with Crippen molar-refractivity contribution >= 4 is 21.7 Å². The van der Waals surface area contributed by atoms with Crippen molar-refractivity contribution in [2.24, 2.45) is 0 Å². The zero-order valence-electron chi connectivity index (χ0n) is 12.7.